The molecular formula is C15H30N2S. The molecule has 1 aliphatic carbocycles. The molecule has 18 heavy (non-hydrogen) atoms. The third kappa shape index (κ3) is 4.43. The Morgan fingerprint density at radius 3 is 2.61 bits per heavy atom. The molecule has 1 saturated heterocycles. The Morgan fingerprint density at radius 2 is 2.00 bits per heavy atom. The minimum atomic E-state index is 0.762. The number of thioether (sulfide) groups is 1. The molecule has 0 spiro atoms. The predicted octanol–water partition coefficient (Wildman–Crippen LogP) is 2.98. The molecule has 1 N–H and O–H groups in total. The lowest BCUT2D eigenvalue weighted by molar-refractivity contribution is 0.159. The number of nitrogens with zero attached hydrogens (tertiary/aromatic N) is 1. The summed E-state index contributed by atoms with van der Waals surface area (Å²) >= 11 is 2.11. The maximum Gasteiger partial charge on any atom is 0.0170 e. The summed E-state index contributed by atoms with van der Waals surface area (Å²) in [5.74, 6) is 3.63. The third-order valence-corrected chi connectivity index (χ3v) is 5.98. The van der Waals surface area contributed by atoms with Gasteiger partial charge >= 0.3 is 0 Å². The predicted molar refractivity (Wildman–Crippen MR) is 82.4 cm³/mol. The van der Waals surface area contributed by atoms with E-state index in [0.29, 0.717) is 0 Å². The van der Waals surface area contributed by atoms with Crippen molar-refractivity contribution in [2.45, 2.75) is 57.5 Å². The molecule has 0 bridgehead atoms. The fourth-order valence-corrected chi connectivity index (χ4v) is 4.34. The first-order chi connectivity index (χ1) is 8.79. The zero-order valence-corrected chi connectivity index (χ0v) is 13.0. The van der Waals surface area contributed by atoms with Crippen LogP contribution in [0.4, 0.5) is 0 Å². The minimum absolute atomic E-state index is 0.762. The van der Waals surface area contributed by atoms with Crippen molar-refractivity contribution in [1.29, 1.82) is 0 Å². The van der Waals surface area contributed by atoms with E-state index in [1.54, 1.807) is 0 Å². The highest BCUT2D eigenvalue weighted by molar-refractivity contribution is 7.99. The number of hydrogen-bond donors (Lipinski definition) is 1. The van der Waals surface area contributed by atoms with Crippen LogP contribution in [0.5, 0.6) is 0 Å². The second-order valence-electron chi connectivity index (χ2n) is 6.08. The van der Waals surface area contributed by atoms with Gasteiger partial charge in [0.2, 0.25) is 0 Å². The van der Waals surface area contributed by atoms with Crippen molar-refractivity contribution in [2.75, 3.05) is 31.6 Å². The number of nitrogens with one attached hydrogen (secondary N) is 1. The molecule has 0 aromatic rings. The van der Waals surface area contributed by atoms with Gasteiger partial charge in [-0.1, -0.05) is 13.3 Å². The second kappa shape index (κ2) is 7.76. The fraction of sp³-hybridized carbons (Fsp3) is 1.00. The lowest BCUT2D eigenvalue weighted by atomic mass is 9.84. The molecule has 0 radical (unpaired) electrons. The molecule has 1 heterocycles. The fourth-order valence-electron chi connectivity index (χ4n) is 3.34. The van der Waals surface area contributed by atoms with E-state index in [9.17, 15) is 0 Å². The largest absolute Gasteiger partial charge is 0.312 e. The topological polar surface area (TPSA) is 15.3 Å². The Hall–Kier alpha value is 0.270. The summed E-state index contributed by atoms with van der Waals surface area (Å²) in [7, 11) is 2.34. The Labute approximate surface area is 117 Å². The molecule has 3 heteroatoms. The van der Waals surface area contributed by atoms with Gasteiger partial charge < -0.3 is 10.2 Å². The summed E-state index contributed by atoms with van der Waals surface area (Å²) in [5.41, 5.74) is 0. The van der Waals surface area contributed by atoms with Gasteiger partial charge in [0.1, 0.15) is 0 Å². The smallest absolute Gasteiger partial charge is 0.0170 e. The molecule has 0 amide bonds. The number of rotatable bonds is 5. The van der Waals surface area contributed by atoms with Gasteiger partial charge in [0, 0.05) is 30.1 Å². The van der Waals surface area contributed by atoms with Crippen LogP contribution in [0.15, 0.2) is 0 Å². The molecule has 0 aromatic heterocycles. The van der Waals surface area contributed by atoms with Gasteiger partial charge in [-0.25, -0.2) is 0 Å². The summed E-state index contributed by atoms with van der Waals surface area (Å²) in [6.07, 6.45) is 8.51. The van der Waals surface area contributed by atoms with E-state index >= 15 is 0 Å². The maximum atomic E-state index is 3.65. The first-order valence-corrected chi connectivity index (χ1v) is 8.96. The summed E-state index contributed by atoms with van der Waals surface area (Å²) in [6, 6.07) is 1.63. The molecule has 0 aromatic carbocycles. The van der Waals surface area contributed by atoms with Crippen LogP contribution in [0.2, 0.25) is 0 Å². The van der Waals surface area contributed by atoms with Gasteiger partial charge in [0.05, 0.1) is 0 Å². The summed E-state index contributed by atoms with van der Waals surface area (Å²) in [6.45, 7) is 4.83. The third-order valence-electron chi connectivity index (χ3n) is 4.85. The van der Waals surface area contributed by atoms with Gasteiger partial charge in [-0.3, -0.25) is 0 Å². The van der Waals surface area contributed by atoms with Crippen LogP contribution in [0, 0.1) is 5.92 Å². The molecule has 2 rings (SSSR count). The van der Waals surface area contributed by atoms with Crippen molar-refractivity contribution in [3.05, 3.63) is 0 Å². The highest BCUT2D eigenvalue weighted by Crippen LogP contribution is 2.29. The van der Waals surface area contributed by atoms with E-state index < -0.39 is 0 Å². The van der Waals surface area contributed by atoms with Crippen molar-refractivity contribution >= 4 is 11.8 Å². The summed E-state index contributed by atoms with van der Waals surface area (Å²) in [5, 5.41) is 3.65. The zero-order valence-electron chi connectivity index (χ0n) is 12.2. The average Bonchev–Trinajstić information content (AvgIpc) is 2.46. The SMILES string of the molecule is CCC1CCC(N(C)CCC2CSCCN2)CC1. The van der Waals surface area contributed by atoms with Crippen molar-refractivity contribution in [3.63, 3.8) is 0 Å². The quantitative estimate of drug-likeness (QED) is 0.827. The van der Waals surface area contributed by atoms with E-state index in [-0.39, 0.29) is 0 Å². The Bertz CT molecular complexity index is 221. The normalized spacial score (nSPS) is 33.8. The van der Waals surface area contributed by atoms with Crippen LogP contribution in [0.3, 0.4) is 0 Å². The Balaban J connectivity index is 1.63. The Morgan fingerprint density at radius 1 is 1.22 bits per heavy atom. The summed E-state index contributed by atoms with van der Waals surface area (Å²) in [4.78, 5) is 2.63. The zero-order chi connectivity index (χ0) is 12.8. The van der Waals surface area contributed by atoms with Crippen LogP contribution < -0.4 is 5.32 Å². The van der Waals surface area contributed by atoms with E-state index in [2.05, 4.69) is 35.9 Å². The van der Waals surface area contributed by atoms with E-state index in [1.807, 2.05) is 0 Å². The highest BCUT2D eigenvalue weighted by Gasteiger charge is 2.23. The Kier molecular flexibility index (Phi) is 6.33. The molecule has 2 aliphatic rings. The van der Waals surface area contributed by atoms with Crippen molar-refractivity contribution in [1.82, 2.24) is 10.2 Å². The van der Waals surface area contributed by atoms with Crippen molar-refractivity contribution in [2.24, 2.45) is 5.92 Å². The maximum absolute atomic E-state index is 3.65. The molecule has 2 nitrogen and oxygen atoms in total. The average molecular weight is 270 g/mol. The molecule has 2 fully saturated rings. The molecule has 1 atom stereocenters. The van der Waals surface area contributed by atoms with Gasteiger partial charge in [0.25, 0.3) is 0 Å². The van der Waals surface area contributed by atoms with Crippen LogP contribution >= 0.6 is 11.8 Å². The second-order valence-corrected chi connectivity index (χ2v) is 7.23. The van der Waals surface area contributed by atoms with Gasteiger partial charge in [0.15, 0.2) is 0 Å². The first-order valence-electron chi connectivity index (χ1n) is 7.81. The summed E-state index contributed by atoms with van der Waals surface area (Å²) < 4.78 is 0. The van der Waals surface area contributed by atoms with Crippen LogP contribution in [0.25, 0.3) is 0 Å². The lowest BCUT2D eigenvalue weighted by Gasteiger charge is -2.35. The molecule has 1 saturated carbocycles. The van der Waals surface area contributed by atoms with Crippen molar-refractivity contribution < 1.29 is 0 Å². The molecule has 1 unspecified atom stereocenters. The number of hydrogen-bond acceptors (Lipinski definition) is 3. The van der Waals surface area contributed by atoms with Crippen LogP contribution in [0.1, 0.15) is 45.4 Å². The highest BCUT2D eigenvalue weighted by atomic mass is 32.2. The van der Waals surface area contributed by atoms with Gasteiger partial charge in [-0.15, -0.1) is 0 Å². The first kappa shape index (κ1) is 14.7. The molecule has 1 aliphatic heterocycles. The lowest BCUT2D eigenvalue weighted by Crippen LogP contribution is -2.42. The molecular weight excluding hydrogens is 240 g/mol. The van der Waals surface area contributed by atoms with E-state index in [4.69, 9.17) is 0 Å². The van der Waals surface area contributed by atoms with E-state index in [0.717, 1.165) is 18.0 Å². The van der Waals surface area contributed by atoms with Gasteiger partial charge in [-0.2, -0.15) is 11.8 Å². The molecule has 106 valence electrons. The standard InChI is InChI=1S/C15H30N2S/c1-3-13-4-6-15(7-5-13)17(2)10-8-14-12-18-11-9-16-14/h13-16H,3-12H2,1-2H3. The van der Waals surface area contributed by atoms with Crippen LogP contribution in [-0.2, 0) is 0 Å². The van der Waals surface area contributed by atoms with E-state index in [1.165, 1.54) is 63.1 Å². The minimum Gasteiger partial charge on any atom is -0.312 e. The van der Waals surface area contributed by atoms with Gasteiger partial charge in [-0.05, 0) is 51.6 Å². The van der Waals surface area contributed by atoms with Crippen molar-refractivity contribution in [3.8, 4) is 0 Å². The van der Waals surface area contributed by atoms with Crippen LogP contribution in [-0.4, -0.2) is 48.6 Å². The monoisotopic (exact) mass is 270 g/mol.